The molecule has 0 bridgehead atoms. The lowest BCUT2D eigenvalue weighted by Crippen LogP contribution is -2.21. The molecule has 0 heterocycles. The molecule has 1 N–H and O–H groups in total. The summed E-state index contributed by atoms with van der Waals surface area (Å²) in [5.74, 6) is 0.584. The second-order valence-electron chi connectivity index (χ2n) is 4.92. The first-order chi connectivity index (χ1) is 12.1. The summed E-state index contributed by atoms with van der Waals surface area (Å²) < 4.78 is 20.3. The number of esters is 1. The van der Waals surface area contributed by atoms with Crippen LogP contribution < -0.4 is 19.5 Å². The Balaban J connectivity index is 1.92. The van der Waals surface area contributed by atoms with E-state index in [4.69, 9.17) is 18.9 Å². The van der Waals surface area contributed by atoms with Crippen molar-refractivity contribution in [1.29, 1.82) is 0 Å². The van der Waals surface area contributed by atoms with Gasteiger partial charge in [-0.2, -0.15) is 0 Å². The van der Waals surface area contributed by atoms with Crippen LogP contribution in [0.4, 0.5) is 5.69 Å². The molecule has 0 aliphatic rings. The molecule has 0 atom stereocenters. The van der Waals surface area contributed by atoms with Gasteiger partial charge in [0.2, 0.25) is 0 Å². The van der Waals surface area contributed by atoms with E-state index >= 15 is 0 Å². The van der Waals surface area contributed by atoms with E-state index in [1.54, 1.807) is 42.5 Å². The van der Waals surface area contributed by atoms with Crippen molar-refractivity contribution in [3.8, 4) is 17.2 Å². The van der Waals surface area contributed by atoms with Crippen LogP contribution in [0.2, 0.25) is 0 Å². The fourth-order valence-corrected chi connectivity index (χ4v) is 2.03. The Labute approximate surface area is 145 Å². The van der Waals surface area contributed by atoms with Crippen LogP contribution in [0.5, 0.6) is 17.2 Å². The summed E-state index contributed by atoms with van der Waals surface area (Å²) in [7, 11) is 4.55. The first-order valence-corrected chi connectivity index (χ1v) is 7.40. The van der Waals surface area contributed by atoms with Crippen LogP contribution in [-0.2, 0) is 9.53 Å². The average molecular weight is 345 g/mol. The zero-order valence-corrected chi connectivity index (χ0v) is 14.2. The largest absolute Gasteiger partial charge is 0.497 e. The lowest BCUT2D eigenvalue weighted by molar-refractivity contribution is -0.119. The molecule has 0 fully saturated rings. The van der Waals surface area contributed by atoms with Crippen LogP contribution in [0.3, 0.4) is 0 Å². The van der Waals surface area contributed by atoms with Crippen LogP contribution >= 0.6 is 0 Å². The smallest absolute Gasteiger partial charge is 0.338 e. The van der Waals surface area contributed by atoms with Crippen molar-refractivity contribution in [3.63, 3.8) is 0 Å². The number of methoxy groups -OCH3 is 3. The molecule has 2 aromatic rings. The normalized spacial score (nSPS) is 9.88. The maximum Gasteiger partial charge on any atom is 0.338 e. The predicted octanol–water partition coefficient (Wildman–Crippen LogP) is 2.51. The van der Waals surface area contributed by atoms with Gasteiger partial charge in [0.05, 0.1) is 32.6 Å². The number of nitrogens with one attached hydrogen (secondary N) is 1. The molecule has 0 saturated carbocycles. The molecule has 0 aliphatic heterocycles. The van der Waals surface area contributed by atoms with Crippen molar-refractivity contribution in [1.82, 2.24) is 0 Å². The minimum absolute atomic E-state index is 0.329. The molecule has 25 heavy (non-hydrogen) atoms. The summed E-state index contributed by atoms with van der Waals surface area (Å²) in [5.41, 5.74) is 0.782. The second-order valence-corrected chi connectivity index (χ2v) is 4.92. The zero-order chi connectivity index (χ0) is 18.2. The van der Waals surface area contributed by atoms with Gasteiger partial charge in [0, 0.05) is 6.07 Å². The first-order valence-electron chi connectivity index (χ1n) is 7.40. The molecule has 1 amide bonds. The highest BCUT2D eigenvalue weighted by Gasteiger charge is 2.13. The molecule has 0 unspecified atom stereocenters. The Morgan fingerprint density at radius 3 is 2.12 bits per heavy atom. The second kappa shape index (κ2) is 8.58. The number of anilines is 1. The lowest BCUT2D eigenvalue weighted by atomic mass is 10.2. The number of benzene rings is 2. The topological polar surface area (TPSA) is 83.1 Å². The Kier molecular flexibility index (Phi) is 6.22. The molecule has 0 aromatic heterocycles. The fraction of sp³-hybridized carbons (Fsp3) is 0.222. The van der Waals surface area contributed by atoms with Gasteiger partial charge in [-0.25, -0.2) is 4.79 Å². The van der Waals surface area contributed by atoms with Crippen molar-refractivity contribution in [2.24, 2.45) is 0 Å². The van der Waals surface area contributed by atoms with Crippen LogP contribution in [0.25, 0.3) is 0 Å². The third kappa shape index (κ3) is 4.87. The van der Waals surface area contributed by atoms with E-state index in [0.717, 1.165) is 0 Å². The van der Waals surface area contributed by atoms with Gasteiger partial charge in [-0.1, -0.05) is 0 Å². The van der Waals surface area contributed by atoms with Gasteiger partial charge in [0.25, 0.3) is 5.91 Å². The molecular weight excluding hydrogens is 326 g/mol. The lowest BCUT2D eigenvalue weighted by Gasteiger charge is -2.12. The van der Waals surface area contributed by atoms with Gasteiger partial charge >= 0.3 is 5.97 Å². The molecule has 0 radical (unpaired) electrons. The highest BCUT2D eigenvalue weighted by molar-refractivity contribution is 5.96. The minimum atomic E-state index is -0.598. The van der Waals surface area contributed by atoms with Crippen LogP contribution in [0, 0.1) is 0 Å². The maximum atomic E-state index is 12.0. The first kappa shape index (κ1) is 18.1. The number of carbonyl (C=O) groups excluding carboxylic acids is 2. The van der Waals surface area contributed by atoms with Gasteiger partial charge in [0.1, 0.15) is 17.2 Å². The van der Waals surface area contributed by atoms with E-state index in [1.807, 2.05) is 0 Å². The molecule has 132 valence electrons. The molecule has 0 spiro atoms. The number of hydrogen-bond donors (Lipinski definition) is 1. The molecule has 2 aromatic carbocycles. The Morgan fingerprint density at radius 1 is 0.880 bits per heavy atom. The molecule has 7 heteroatoms. The van der Waals surface area contributed by atoms with E-state index in [-0.39, 0.29) is 0 Å². The van der Waals surface area contributed by atoms with Crippen molar-refractivity contribution in [2.75, 3.05) is 33.3 Å². The number of hydrogen-bond acceptors (Lipinski definition) is 6. The van der Waals surface area contributed by atoms with Crippen molar-refractivity contribution in [2.45, 2.75) is 0 Å². The van der Waals surface area contributed by atoms with Gasteiger partial charge in [-0.15, -0.1) is 0 Å². The van der Waals surface area contributed by atoms with Crippen LogP contribution in [-0.4, -0.2) is 39.8 Å². The molecule has 7 nitrogen and oxygen atoms in total. The standard InChI is InChI=1S/C18H19NO6/c1-22-13-6-4-12(5-7-13)18(21)25-11-17(20)19-15-9-8-14(23-2)10-16(15)24-3/h4-10H,11H2,1-3H3,(H,19,20). The summed E-state index contributed by atoms with van der Waals surface area (Å²) in [6, 6.07) is 11.4. The van der Waals surface area contributed by atoms with Gasteiger partial charge in [-0.3, -0.25) is 4.79 Å². The highest BCUT2D eigenvalue weighted by Crippen LogP contribution is 2.28. The van der Waals surface area contributed by atoms with Crippen molar-refractivity contribution in [3.05, 3.63) is 48.0 Å². The quantitative estimate of drug-likeness (QED) is 0.777. The van der Waals surface area contributed by atoms with E-state index in [9.17, 15) is 9.59 Å². The molecular formula is C18H19NO6. The predicted molar refractivity (Wildman–Crippen MR) is 91.5 cm³/mol. The van der Waals surface area contributed by atoms with E-state index < -0.39 is 18.5 Å². The number of carbonyl (C=O) groups is 2. The Morgan fingerprint density at radius 2 is 1.52 bits per heavy atom. The third-order valence-electron chi connectivity index (χ3n) is 3.34. The molecule has 2 rings (SSSR count). The van der Waals surface area contributed by atoms with E-state index in [1.165, 1.54) is 21.3 Å². The summed E-state index contributed by atoms with van der Waals surface area (Å²) in [6.07, 6.45) is 0. The van der Waals surface area contributed by atoms with Crippen LogP contribution in [0.15, 0.2) is 42.5 Å². The zero-order valence-electron chi connectivity index (χ0n) is 14.2. The SMILES string of the molecule is COc1ccc(C(=O)OCC(=O)Nc2ccc(OC)cc2OC)cc1. The number of ether oxygens (including phenoxy) is 4. The average Bonchev–Trinajstić information content (AvgIpc) is 2.66. The summed E-state index contributed by atoms with van der Waals surface area (Å²) >= 11 is 0. The Hall–Kier alpha value is -3.22. The van der Waals surface area contributed by atoms with Gasteiger partial charge in [0.15, 0.2) is 6.61 Å². The van der Waals surface area contributed by atoms with Crippen molar-refractivity contribution >= 4 is 17.6 Å². The number of amides is 1. The summed E-state index contributed by atoms with van der Waals surface area (Å²) in [4.78, 5) is 23.9. The van der Waals surface area contributed by atoms with E-state index in [2.05, 4.69) is 5.32 Å². The fourth-order valence-electron chi connectivity index (χ4n) is 2.03. The van der Waals surface area contributed by atoms with Crippen molar-refractivity contribution < 1.29 is 28.5 Å². The minimum Gasteiger partial charge on any atom is -0.497 e. The Bertz CT molecular complexity index is 742. The molecule has 0 saturated heterocycles. The highest BCUT2D eigenvalue weighted by atomic mass is 16.5. The van der Waals surface area contributed by atoms with E-state index in [0.29, 0.717) is 28.5 Å². The third-order valence-corrected chi connectivity index (χ3v) is 3.34. The van der Waals surface area contributed by atoms with Gasteiger partial charge in [-0.05, 0) is 36.4 Å². The summed E-state index contributed by atoms with van der Waals surface area (Å²) in [6.45, 7) is -0.417. The monoisotopic (exact) mass is 345 g/mol. The summed E-state index contributed by atoms with van der Waals surface area (Å²) in [5, 5.41) is 2.62. The van der Waals surface area contributed by atoms with Gasteiger partial charge < -0.3 is 24.3 Å². The number of rotatable bonds is 7. The maximum absolute atomic E-state index is 12.0. The van der Waals surface area contributed by atoms with Crippen LogP contribution in [0.1, 0.15) is 10.4 Å². The molecule has 0 aliphatic carbocycles.